The predicted molar refractivity (Wildman–Crippen MR) is 102 cm³/mol. The fraction of sp³-hybridized carbons (Fsp3) is 0.667. The first-order chi connectivity index (χ1) is 12.8. The molecule has 0 bridgehead atoms. The summed E-state index contributed by atoms with van der Waals surface area (Å²) in [5, 5.41) is 0. The van der Waals surface area contributed by atoms with Crippen LogP contribution >= 0.6 is 0 Å². The number of furan rings is 1. The van der Waals surface area contributed by atoms with Gasteiger partial charge in [-0.2, -0.15) is 0 Å². The van der Waals surface area contributed by atoms with Crippen LogP contribution in [0, 0.1) is 0 Å². The summed E-state index contributed by atoms with van der Waals surface area (Å²) >= 11 is 0. The number of sulfonamides is 1. The molecule has 0 unspecified atom stereocenters. The van der Waals surface area contributed by atoms with Crippen LogP contribution in [0.1, 0.15) is 43.2 Å². The van der Waals surface area contributed by atoms with Crippen molar-refractivity contribution in [3.63, 3.8) is 0 Å². The van der Waals surface area contributed by atoms with Crippen LogP contribution in [0.15, 0.2) is 22.8 Å². The summed E-state index contributed by atoms with van der Waals surface area (Å²) in [6.45, 7) is 4.48. The Bertz CT molecular complexity index is 709. The predicted octanol–water partition coefficient (Wildman–Crippen LogP) is 1.41. The average molecular weight is 400 g/mol. The number of unbranched alkanes of at least 4 members (excludes halogenated alkanes) is 2. The smallest absolute Gasteiger partial charge is 0.289 e. The highest BCUT2D eigenvalue weighted by Crippen LogP contribution is 2.11. The Hall–Kier alpha value is -1.87. The molecule has 1 aromatic rings. The standard InChI is InChI=1S/C18H29N3O5S/c1-3-4-5-9-21(27(2,24)25)10-8-17(22)19-11-13-20(14-12-19)18(23)16-7-6-15-26-16/h6-7,15H,3-5,8-14H2,1-2H3. The maximum absolute atomic E-state index is 12.4. The lowest BCUT2D eigenvalue weighted by Crippen LogP contribution is -2.51. The molecule has 0 aliphatic carbocycles. The van der Waals surface area contributed by atoms with Crippen molar-refractivity contribution in [2.24, 2.45) is 0 Å². The molecule has 2 rings (SSSR count). The second-order valence-corrected chi connectivity index (χ2v) is 8.75. The summed E-state index contributed by atoms with van der Waals surface area (Å²) in [5.41, 5.74) is 0. The minimum Gasteiger partial charge on any atom is -0.459 e. The van der Waals surface area contributed by atoms with Crippen LogP contribution in [0.3, 0.4) is 0 Å². The van der Waals surface area contributed by atoms with Crippen LogP contribution in [-0.2, 0) is 14.8 Å². The van der Waals surface area contributed by atoms with Crippen molar-refractivity contribution < 1.29 is 22.4 Å². The fourth-order valence-electron chi connectivity index (χ4n) is 3.08. The van der Waals surface area contributed by atoms with Gasteiger partial charge in [0.2, 0.25) is 15.9 Å². The number of nitrogens with zero attached hydrogens (tertiary/aromatic N) is 3. The van der Waals surface area contributed by atoms with Gasteiger partial charge in [-0.1, -0.05) is 19.8 Å². The van der Waals surface area contributed by atoms with Gasteiger partial charge in [0, 0.05) is 45.7 Å². The van der Waals surface area contributed by atoms with Crippen LogP contribution in [0.2, 0.25) is 0 Å². The third-order valence-corrected chi connectivity index (χ3v) is 6.01. The van der Waals surface area contributed by atoms with Crippen molar-refractivity contribution in [1.29, 1.82) is 0 Å². The van der Waals surface area contributed by atoms with Crippen LogP contribution < -0.4 is 0 Å². The summed E-state index contributed by atoms with van der Waals surface area (Å²) in [6.07, 6.45) is 5.57. The van der Waals surface area contributed by atoms with Gasteiger partial charge in [-0.15, -0.1) is 0 Å². The monoisotopic (exact) mass is 399 g/mol. The van der Waals surface area contributed by atoms with Crippen molar-refractivity contribution in [1.82, 2.24) is 14.1 Å². The molecule has 0 atom stereocenters. The second kappa shape index (κ2) is 9.89. The molecule has 1 aromatic heterocycles. The molecule has 0 saturated carbocycles. The van der Waals surface area contributed by atoms with E-state index in [1.165, 1.54) is 16.8 Å². The number of carbonyl (C=O) groups excluding carboxylic acids is 2. The first-order valence-electron chi connectivity index (χ1n) is 9.38. The number of amides is 2. The lowest BCUT2D eigenvalue weighted by molar-refractivity contribution is -0.132. The molecular weight excluding hydrogens is 370 g/mol. The van der Waals surface area contributed by atoms with Crippen LogP contribution in [0.25, 0.3) is 0 Å². The lowest BCUT2D eigenvalue weighted by atomic mass is 10.2. The highest BCUT2D eigenvalue weighted by Gasteiger charge is 2.26. The third-order valence-electron chi connectivity index (χ3n) is 4.71. The molecule has 0 radical (unpaired) electrons. The van der Waals surface area contributed by atoms with Crippen molar-refractivity contribution in [3.05, 3.63) is 24.2 Å². The molecule has 8 nitrogen and oxygen atoms in total. The Morgan fingerprint density at radius 2 is 1.78 bits per heavy atom. The summed E-state index contributed by atoms with van der Waals surface area (Å²) < 4.78 is 30.3. The Morgan fingerprint density at radius 3 is 2.33 bits per heavy atom. The quantitative estimate of drug-likeness (QED) is 0.586. The van der Waals surface area contributed by atoms with Gasteiger partial charge in [0.25, 0.3) is 5.91 Å². The van der Waals surface area contributed by atoms with Crippen molar-refractivity contribution in [2.45, 2.75) is 32.6 Å². The highest BCUT2D eigenvalue weighted by atomic mass is 32.2. The number of carbonyl (C=O) groups is 2. The first kappa shape index (κ1) is 21.4. The second-order valence-electron chi connectivity index (χ2n) is 6.77. The molecule has 1 aliphatic rings. The lowest BCUT2D eigenvalue weighted by Gasteiger charge is -2.34. The zero-order valence-corrected chi connectivity index (χ0v) is 16.9. The van der Waals surface area contributed by atoms with Gasteiger partial charge in [-0.3, -0.25) is 9.59 Å². The Kier molecular flexibility index (Phi) is 7.85. The Morgan fingerprint density at radius 1 is 1.11 bits per heavy atom. The minimum atomic E-state index is -3.32. The zero-order chi connectivity index (χ0) is 19.9. The van der Waals surface area contributed by atoms with Crippen molar-refractivity contribution >= 4 is 21.8 Å². The Balaban J connectivity index is 1.80. The van der Waals surface area contributed by atoms with Gasteiger partial charge in [0.05, 0.1) is 12.5 Å². The van der Waals surface area contributed by atoms with E-state index in [4.69, 9.17) is 4.42 Å². The van der Waals surface area contributed by atoms with E-state index in [1.54, 1.807) is 21.9 Å². The zero-order valence-electron chi connectivity index (χ0n) is 16.1. The van der Waals surface area contributed by atoms with Gasteiger partial charge in [-0.25, -0.2) is 12.7 Å². The van der Waals surface area contributed by atoms with Gasteiger partial charge in [0.1, 0.15) is 0 Å². The van der Waals surface area contributed by atoms with E-state index in [0.717, 1.165) is 19.3 Å². The minimum absolute atomic E-state index is 0.0794. The SMILES string of the molecule is CCCCCN(CCC(=O)N1CCN(C(=O)c2ccco2)CC1)S(C)(=O)=O. The average Bonchev–Trinajstić information content (AvgIpc) is 3.17. The number of rotatable bonds is 9. The molecule has 1 aliphatic heterocycles. The van der Waals surface area contributed by atoms with Crippen LogP contribution in [-0.4, -0.2) is 79.9 Å². The van der Waals surface area contributed by atoms with E-state index in [9.17, 15) is 18.0 Å². The molecule has 2 amide bonds. The molecule has 2 heterocycles. The first-order valence-corrected chi connectivity index (χ1v) is 11.2. The maximum Gasteiger partial charge on any atom is 0.289 e. The molecule has 0 N–H and O–H groups in total. The summed E-state index contributed by atoms with van der Waals surface area (Å²) in [6, 6.07) is 3.29. The number of piperazine rings is 1. The van der Waals surface area contributed by atoms with E-state index in [-0.39, 0.29) is 24.8 Å². The Labute approximate surface area is 161 Å². The molecular formula is C18H29N3O5S. The van der Waals surface area contributed by atoms with Crippen LogP contribution in [0.4, 0.5) is 0 Å². The normalized spacial score (nSPS) is 15.4. The molecule has 1 saturated heterocycles. The largest absolute Gasteiger partial charge is 0.459 e. The molecule has 1 fully saturated rings. The summed E-state index contributed by atoms with van der Waals surface area (Å²) in [4.78, 5) is 28.0. The molecule has 9 heteroatoms. The number of hydrogen-bond donors (Lipinski definition) is 0. The highest BCUT2D eigenvalue weighted by molar-refractivity contribution is 7.88. The maximum atomic E-state index is 12.4. The van der Waals surface area contributed by atoms with E-state index in [2.05, 4.69) is 6.92 Å². The molecule has 27 heavy (non-hydrogen) atoms. The molecule has 0 aromatic carbocycles. The van der Waals surface area contributed by atoms with E-state index in [0.29, 0.717) is 38.5 Å². The van der Waals surface area contributed by atoms with E-state index >= 15 is 0 Å². The van der Waals surface area contributed by atoms with Gasteiger partial charge >= 0.3 is 0 Å². The van der Waals surface area contributed by atoms with E-state index in [1.807, 2.05) is 0 Å². The molecule has 0 spiro atoms. The van der Waals surface area contributed by atoms with Crippen molar-refractivity contribution in [3.8, 4) is 0 Å². The van der Waals surface area contributed by atoms with Gasteiger partial charge in [-0.05, 0) is 18.6 Å². The third kappa shape index (κ3) is 6.35. The summed E-state index contributed by atoms with van der Waals surface area (Å²) in [5.74, 6) is 0.0427. The van der Waals surface area contributed by atoms with Gasteiger partial charge < -0.3 is 14.2 Å². The fourth-order valence-corrected chi connectivity index (χ4v) is 3.96. The topological polar surface area (TPSA) is 91.1 Å². The van der Waals surface area contributed by atoms with Gasteiger partial charge in [0.15, 0.2) is 5.76 Å². The number of hydrogen-bond acceptors (Lipinski definition) is 5. The molecule has 152 valence electrons. The van der Waals surface area contributed by atoms with E-state index < -0.39 is 10.0 Å². The van der Waals surface area contributed by atoms with Crippen molar-refractivity contribution in [2.75, 3.05) is 45.5 Å². The van der Waals surface area contributed by atoms with Crippen LogP contribution in [0.5, 0.6) is 0 Å². The summed E-state index contributed by atoms with van der Waals surface area (Å²) in [7, 11) is -3.32.